The third-order valence-electron chi connectivity index (χ3n) is 2.38. The molecular formula is C10H12N2O2. The summed E-state index contributed by atoms with van der Waals surface area (Å²) in [7, 11) is 0. The Labute approximate surface area is 81.8 Å². The van der Waals surface area contributed by atoms with Gasteiger partial charge in [-0.15, -0.1) is 0 Å². The Hall–Kier alpha value is -1.39. The molecule has 4 heteroatoms. The van der Waals surface area contributed by atoms with E-state index in [1.165, 1.54) is 0 Å². The molecular weight excluding hydrogens is 180 g/mol. The minimum absolute atomic E-state index is 0.155. The summed E-state index contributed by atoms with van der Waals surface area (Å²) in [6, 6.07) is 5.14. The molecule has 0 bridgehead atoms. The maximum Gasteiger partial charge on any atom is 0.248 e. The zero-order valence-corrected chi connectivity index (χ0v) is 7.69. The van der Waals surface area contributed by atoms with Crippen molar-refractivity contribution in [2.45, 2.75) is 12.6 Å². The van der Waals surface area contributed by atoms with Crippen LogP contribution in [-0.4, -0.2) is 12.5 Å². The van der Waals surface area contributed by atoms with Crippen LogP contribution in [0, 0.1) is 0 Å². The number of nitrogens with two attached hydrogens (primary N) is 2. The highest BCUT2D eigenvalue weighted by molar-refractivity contribution is 5.93. The molecule has 1 aromatic rings. The summed E-state index contributed by atoms with van der Waals surface area (Å²) >= 11 is 0. The highest BCUT2D eigenvalue weighted by Crippen LogP contribution is 2.23. The van der Waals surface area contributed by atoms with Crippen molar-refractivity contribution in [3.63, 3.8) is 0 Å². The average molecular weight is 192 g/mol. The van der Waals surface area contributed by atoms with Gasteiger partial charge in [0.25, 0.3) is 0 Å². The lowest BCUT2D eigenvalue weighted by atomic mass is 9.97. The minimum Gasteiger partial charge on any atom is -0.375 e. The summed E-state index contributed by atoms with van der Waals surface area (Å²) in [5, 5.41) is 0. The van der Waals surface area contributed by atoms with Crippen LogP contribution < -0.4 is 11.5 Å². The van der Waals surface area contributed by atoms with Crippen LogP contribution >= 0.6 is 0 Å². The lowest BCUT2D eigenvalue weighted by Gasteiger charge is -2.22. The van der Waals surface area contributed by atoms with Gasteiger partial charge in [0.05, 0.1) is 19.3 Å². The second-order valence-corrected chi connectivity index (χ2v) is 3.40. The van der Waals surface area contributed by atoms with Crippen LogP contribution in [0.2, 0.25) is 0 Å². The first kappa shape index (κ1) is 9.18. The molecule has 0 saturated heterocycles. The third kappa shape index (κ3) is 1.49. The van der Waals surface area contributed by atoms with Gasteiger partial charge in [-0.2, -0.15) is 0 Å². The smallest absolute Gasteiger partial charge is 0.248 e. The molecule has 0 radical (unpaired) electrons. The third-order valence-corrected chi connectivity index (χ3v) is 2.38. The second-order valence-electron chi connectivity index (χ2n) is 3.40. The van der Waals surface area contributed by atoms with Gasteiger partial charge in [-0.25, -0.2) is 0 Å². The zero-order valence-electron chi connectivity index (χ0n) is 7.69. The van der Waals surface area contributed by atoms with Crippen LogP contribution in [0.4, 0.5) is 0 Å². The standard InChI is InChI=1S/C10H12N2O2/c11-9-5-14-4-7-2-1-6(10(12)13)3-8(7)9/h1-3,9H,4-5,11H2,(H2,12,13)/t9-/m0/s1. The number of carbonyl (C=O) groups excluding carboxylic acids is 1. The molecule has 1 atom stereocenters. The predicted molar refractivity (Wildman–Crippen MR) is 51.5 cm³/mol. The SMILES string of the molecule is NC(=O)c1ccc2c(c1)[C@@H](N)COC2. The van der Waals surface area contributed by atoms with Gasteiger partial charge in [-0.1, -0.05) is 6.07 Å². The van der Waals surface area contributed by atoms with Crippen molar-refractivity contribution in [2.75, 3.05) is 6.61 Å². The fourth-order valence-electron chi connectivity index (χ4n) is 1.61. The first-order chi connectivity index (χ1) is 6.68. The van der Waals surface area contributed by atoms with Crippen molar-refractivity contribution in [1.29, 1.82) is 0 Å². The van der Waals surface area contributed by atoms with E-state index in [1.54, 1.807) is 12.1 Å². The first-order valence-corrected chi connectivity index (χ1v) is 4.44. The van der Waals surface area contributed by atoms with Crippen LogP contribution in [0.3, 0.4) is 0 Å². The second kappa shape index (κ2) is 3.40. The van der Waals surface area contributed by atoms with Crippen molar-refractivity contribution < 1.29 is 9.53 Å². The first-order valence-electron chi connectivity index (χ1n) is 4.44. The summed E-state index contributed by atoms with van der Waals surface area (Å²) < 4.78 is 5.27. The number of hydrogen-bond acceptors (Lipinski definition) is 3. The van der Waals surface area contributed by atoms with Gasteiger partial charge in [0, 0.05) is 5.56 Å². The number of benzene rings is 1. The lowest BCUT2D eigenvalue weighted by Crippen LogP contribution is -2.24. The number of rotatable bonds is 1. The molecule has 14 heavy (non-hydrogen) atoms. The maximum atomic E-state index is 10.9. The summed E-state index contributed by atoms with van der Waals surface area (Å²) in [6.45, 7) is 1.05. The van der Waals surface area contributed by atoms with Crippen molar-refractivity contribution >= 4 is 5.91 Å². The molecule has 1 aliphatic rings. The van der Waals surface area contributed by atoms with Crippen molar-refractivity contribution in [3.8, 4) is 0 Å². The monoisotopic (exact) mass is 192 g/mol. The van der Waals surface area contributed by atoms with Gasteiger partial charge in [0.2, 0.25) is 5.91 Å². The molecule has 0 spiro atoms. The molecule has 1 amide bonds. The Balaban J connectivity index is 2.45. The molecule has 0 unspecified atom stereocenters. The van der Waals surface area contributed by atoms with Crippen LogP contribution in [0.1, 0.15) is 27.5 Å². The van der Waals surface area contributed by atoms with Crippen LogP contribution in [0.25, 0.3) is 0 Å². The van der Waals surface area contributed by atoms with Crippen molar-refractivity contribution in [3.05, 3.63) is 34.9 Å². The quantitative estimate of drug-likeness (QED) is 0.672. The number of amides is 1. The largest absolute Gasteiger partial charge is 0.375 e. The summed E-state index contributed by atoms with van der Waals surface area (Å²) in [5.41, 5.74) is 13.5. The molecule has 4 nitrogen and oxygen atoms in total. The Morgan fingerprint density at radius 2 is 2.29 bits per heavy atom. The van der Waals surface area contributed by atoms with E-state index in [2.05, 4.69) is 0 Å². The summed E-state index contributed by atoms with van der Waals surface area (Å²) in [4.78, 5) is 10.9. The van der Waals surface area contributed by atoms with Gasteiger partial charge in [0.1, 0.15) is 0 Å². The fraction of sp³-hybridized carbons (Fsp3) is 0.300. The Morgan fingerprint density at radius 3 is 3.00 bits per heavy atom. The van der Waals surface area contributed by atoms with E-state index < -0.39 is 5.91 Å². The van der Waals surface area contributed by atoms with Gasteiger partial charge in [-0.05, 0) is 23.3 Å². The normalized spacial score (nSPS) is 20.2. The van der Waals surface area contributed by atoms with Crippen LogP contribution in [0.15, 0.2) is 18.2 Å². The number of fused-ring (bicyclic) bond motifs is 1. The Bertz CT molecular complexity index is 376. The fourth-order valence-corrected chi connectivity index (χ4v) is 1.61. The maximum absolute atomic E-state index is 10.9. The van der Waals surface area contributed by atoms with Gasteiger partial charge in [0.15, 0.2) is 0 Å². The topological polar surface area (TPSA) is 78.3 Å². The molecule has 0 saturated carbocycles. The van der Waals surface area contributed by atoms with E-state index in [0.717, 1.165) is 11.1 Å². The van der Waals surface area contributed by atoms with Crippen molar-refractivity contribution in [1.82, 2.24) is 0 Å². The highest BCUT2D eigenvalue weighted by Gasteiger charge is 2.18. The minimum atomic E-state index is -0.425. The van der Waals surface area contributed by atoms with E-state index in [4.69, 9.17) is 16.2 Å². The molecule has 1 heterocycles. The molecule has 74 valence electrons. The van der Waals surface area contributed by atoms with Crippen LogP contribution in [0.5, 0.6) is 0 Å². The highest BCUT2D eigenvalue weighted by atomic mass is 16.5. The molecule has 1 aliphatic heterocycles. The van der Waals surface area contributed by atoms with E-state index >= 15 is 0 Å². The molecule has 1 aromatic carbocycles. The Morgan fingerprint density at radius 1 is 1.50 bits per heavy atom. The number of ether oxygens (including phenoxy) is 1. The molecule has 0 aliphatic carbocycles. The Kier molecular flexibility index (Phi) is 2.23. The number of hydrogen-bond donors (Lipinski definition) is 2. The molecule has 2 rings (SSSR count). The molecule has 4 N–H and O–H groups in total. The average Bonchev–Trinajstić information content (AvgIpc) is 2.18. The van der Waals surface area contributed by atoms with E-state index in [9.17, 15) is 4.79 Å². The predicted octanol–water partition coefficient (Wildman–Crippen LogP) is 0.316. The molecule has 0 aromatic heterocycles. The summed E-state index contributed by atoms with van der Waals surface area (Å²) in [5.74, 6) is -0.425. The van der Waals surface area contributed by atoms with E-state index in [-0.39, 0.29) is 6.04 Å². The lowest BCUT2D eigenvalue weighted by molar-refractivity contribution is 0.0919. The zero-order chi connectivity index (χ0) is 10.1. The van der Waals surface area contributed by atoms with Gasteiger partial charge in [-0.3, -0.25) is 4.79 Å². The van der Waals surface area contributed by atoms with E-state index in [0.29, 0.717) is 18.8 Å². The van der Waals surface area contributed by atoms with Crippen molar-refractivity contribution in [2.24, 2.45) is 11.5 Å². The van der Waals surface area contributed by atoms with E-state index in [1.807, 2.05) is 6.07 Å². The van der Waals surface area contributed by atoms with Crippen LogP contribution in [-0.2, 0) is 11.3 Å². The number of carbonyl (C=O) groups is 1. The van der Waals surface area contributed by atoms with Gasteiger partial charge >= 0.3 is 0 Å². The summed E-state index contributed by atoms with van der Waals surface area (Å²) in [6.07, 6.45) is 0. The molecule has 0 fully saturated rings. The number of primary amides is 1. The van der Waals surface area contributed by atoms with Gasteiger partial charge < -0.3 is 16.2 Å².